The summed E-state index contributed by atoms with van der Waals surface area (Å²) in [5.74, 6) is 0.800. The van der Waals surface area contributed by atoms with Crippen molar-refractivity contribution in [2.24, 2.45) is 11.8 Å². The van der Waals surface area contributed by atoms with E-state index in [1.807, 2.05) is 47.4 Å². The maximum atomic E-state index is 13.7. The van der Waals surface area contributed by atoms with Gasteiger partial charge in [0.2, 0.25) is 11.8 Å². The fourth-order valence-electron chi connectivity index (χ4n) is 7.75. The minimum atomic E-state index is -0.633. The normalized spacial score (nSPS) is 17.8. The number of carbonyl (C=O) groups excluding carboxylic acids is 2. The SMILES string of the molecule is O=C(NC(CCCc1ccccc1)CCCc1ccccc1)C1CCCN(C(=O)C2CCN(C[C@@H](O)COc3cccc4ncccc34)CC2)C1. The van der Waals surface area contributed by atoms with Crippen LogP contribution < -0.4 is 10.1 Å². The molecular formula is C43H54N4O4. The third-order valence-electron chi connectivity index (χ3n) is 10.6. The van der Waals surface area contributed by atoms with E-state index < -0.39 is 6.10 Å². The average Bonchev–Trinajstić information content (AvgIpc) is 3.18. The van der Waals surface area contributed by atoms with Crippen LogP contribution in [-0.2, 0) is 22.4 Å². The van der Waals surface area contributed by atoms with Gasteiger partial charge < -0.3 is 25.0 Å². The minimum Gasteiger partial charge on any atom is -0.490 e. The van der Waals surface area contributed by atoms with Crippen molar-refractivity contribution in [1.82, 2.24) is 20.1 Å². The van der Waals surface area contributed by atoms with E-state index in [1.54, 1.807) is 6.20 Å². The summed E-state index contributed by atoms with van der Waals surface area (Å²) >= 11 is 0. The highest BCUT2D eigenvalue weighted by molar-refractivity contribution is 5.85. The summed E-state index contributed by atoms with van der Waals surface area (Å²) in [6.07, 6.45) is 10.3. The Balaban J connectivity index is 0.943. The molecule has 2 atom stereocenters. The van der Waals surface area contributed by atoms with Crippen molar-refractivity contribution in [3.05, 3.63) is 108 Å². The predicted molar refractivity (Wildman–Crippen MR) is 202 cm³/mol. The molecule has 2 aliphatic rings. The van der Waals surface area contributed by atoms with E-state index in [4.69, 9.17) is 4.74 Å². The first kappa shape index (κ1) is 36.5. The van der Waals surface area contributed by atoms with E-state index >= 15 is 0 Å². The minimum absolute atomic E-state index is 0.0386. The Morgan fingerprint density at radius 2 is 1.49 bits per heavy atom. The lowest BCUT2D eigenvalue weighted by molar-refractivity contribution is -0.140. The molecule has 0 aliphatic carbocycles. The van der Waals surface area contributed by atoms with Gasteiger partial charge in [-0.15, -0.1) is 0 Å². The second kappa shape index (κ2) is 18.8. The second-order valence-corrected chi connectivity index (χ2v) is 14.5. The van der Waals surface area contributed by atoms with Gasteiger partial charge in [-0.1, -0.05) is 66.7 Å². The van der Waals surface area contributed by atoms with Crippen LogP contribution in [0.15, 0.2) is 97.2 Å². The number of pyridine rings is 1. The van der Waals surface area contributed by atoms with Crippen LogP contribution in [0.2, 0.25) is 0 Å². The fraction of sp³-hybridized carbons (Fsp3) is 0.465. The Morgan fingerprint density at radius 3 is 2.18 bits per heavy atom. The summed E-state index contributed by atoms with van der Waals surface area (Å²) in [7, 11) is 0. The maximum absolute atomic E-state index is 13.7. The Kier molecular flexibility index (Phi) is 13.5. The van der Waals surface area contributed by atoms with Gasteiger partial charge in [0.25, 0.3) is 0 Å². The molecule has 270 valence electrons. The van der Waals surface area contributed by atoms with Gasteiger partial charge in [0, 0.05) is 43.2 Å². The largest absolute Gasteiger partial charge is 0.490 e. The predicted octanol–water partition coefficient (Wildman–Crippen LogP) is 6.46. The van der Waals surface area contributed by atoms with Gasteiger partial charge >= 0.3 is 0 Å². The summed E-state index contributed by atoms with van der Waals surface area (Å²) in [6.45, 7) is 3.46. The summed E-state index contributed by atoms with van der Waals surface area (Å²) in [6, 6.07) is 30.9. The van der Waals surface area contributed by atoms with Gasteiger partial charge in [-0.05, 0) is 113 Å². The highest BCUT2D eigenvalue weighted by Gasteiger charge is 2.34. The highest BCUT2D eigenvalue weighted by Crippen LogP contribution is 2.26. The molecule has 51 heavy (non-hydrogen) atoms. The Morgan fingerprint density at radius 1 is 0.804 bits per heavy atom. The number of benzene rings is 3. The van der Waals surface area contributed by atoms with Crippen LogP contribution in [-0.4, -0.2) is 83.2 Å². The number of aryl methyl sites for hydroxylation is 2. The van der Waals surface area contributed by atoms with Crippen molar-refractivity contribution < 1.29 is 19.4 Å². The molecule has 1 unspecified atom stereocenters. The van der Waals surface area contributed by atoms with Crippen molar-refractivity contribution in [2.75, 3.05) is 39.3 Å². The molecule has 8 nitrogen and oxygen atoms in total. The topological polar surface area (TPSA) is 95.0 Å². The Hall–Kier alpha value is -4.27. The molecule has 2 fully saturated rings. The third kappa shape index (κ3) is 10.9. The second-order valence-electron chi connectivity index (χ2n) is 14.5. The van der Waals surface area contributed by atoms with Crippen molar-refractivity contribution in [2.45, 2.75) is 76.4 Å². The zero-order valence-corrected chi connectivity index (χ0v) is 29.9. The number of nitrogens with zero attached hydrogens (tertiary/aromatic N) is 3. The summed E-state index contributed by atoms with van der Waals surface area (Å²) in [4.78, 5) is 35.9. The maximum Gasteiger partial charge on any atom is 0.225 e. The molecular weight excluding hydrogens is 636 g/mol. The van der Waals surface area contributed by atoms with E-state index in [2.05, 4.69) is 63.7 Å². The quantitative estimate of drug-likeness (QED) is 0.140. The van der Waals surface area contributed by atoms with Crippen molar-refractivity contribution in [1.29, 1.82) is 0 Å². The molecule has 3 heterocycles. The molecule has 6 rings (SSSR count). The van der Waals surface area contributed by atoms with Crippen LogP contribution in [0.5, 0.6) is 5.75 Å². The van der Waals surface area contributed by atoms with Crippen LogP contribution in [0.4, 0.5) is 0 Å². The number of aliphatic hydroxyl groups is 1. The zero-order chi connectivity index (χ0) is 35.3. The van der Waals surface area contributed by atoms with Crippen molar-refractivity contribution >= 4 is 22.7 Å². The molecule has 0 radical (unpaired) electrons. The van der Waals surface area contributed by atoms with Gasteiger partial charge in [0.15, 0.2) is 0 Å². The molecule has 1 aromatic heterocycles. The summed E-state index contributed by atoms with van der Waals surface area (Å²) in [5.41, 5.74) is 3.53. The fourth-order valence-corrected chi connectivity index (χ4v) is 7.75. The lowest BCUT2D eigenvalue weighted by atomic mass is 9.91. The number of hydrogen-bond donors (Lipinski definition) is 2. The van der Waals surface area contributed by atoms with Crippen LogP contribution in [0.3, 0.4) is 0 Å². The lowest BCUT2D eigenvalue weighted by Crippen LogP contribution is -2.50. The molecule has 2 aliphatic heterocycles. The molecule has 0 bridgehead atoms. The van der Waals surface area contributed by atoms with Gasteiger partial charge in [-0.2, -0.15) is 0 Å². The summed E-state index contributed by atoms with van der Waals surface area (Å²) in [5, 5.41) is 15.1. The number of ether oxygens (including phenoxy) is 1. The number of amides is 2. The Labute approximate surface area is 303 Å². The van der Waals surface area contributed by atoms with Crippen molar-refractivity contribution in [3.8, 4) is 5.75 Å². The number of nitrogens with one attached hydrogen (secondary N) is 1. The first-order valence-corrected chi connectivity index (χ1v) is 19.1. The number of carbonyl (C=O) groups is 2. The van der Waals surface area contributed by atoms with Crippen molar-refractivity contribution in [3.63, 3.8) is 0 Å². The third-order valence-corrected chi connectivity index (χ3v) is 10.6. The smallest absolute Gasteiger partial charge is 0.225 e. The lowest BCUT2D eigenvalue weighted by Gasteiger charge is -2.38. The van der Waals surface area contributed by atoms with Crippen LogP contribution in [0, 0.1) is 11.8 Å². The molecule has 3 aromatic carbocycles. The number of rotatable bonds is 16. The monoisotopic (exact) mass is 690 g/mol. The molecule has 0 spiro atoms. The van der Waals surface area contributed by atoms with E-state index in [-0.39, 0.29) is 36.3 Å². The van der Waals surface area contributed by atoms with Crippen LogP contribution in [0.1, 0.15) is 62.5 Å². The van der Waals surface area contributed by atoms with Crippen LogP contribution in [0.25, 0.3) is 10.9 Å². The standard InChI is InChI=1S/C43H54N4O4/c48-38(32-51-41-23-9-22-40-39(41)21-10-26-44-40)31-46-28-24-35(25-29-46)43(50)47-27-11-18-36(30-47)42(49)45-37(19-7-16-33-12-3-1-4-13-33)20-8-17-34-14-5-2-6-15-34/h1-6,9-10,12-15,21-23,26,35-38,48H,7-8,11,16-20,24-25,27-32H2,(H,45,49)/t36?,38-/m1/s1. The van der Waals surface area contributed by atoms with E-state index in [9.17, 15) is 14.7 Å². The van der Waals surface area contributed by atoms with E-state index in [1.165, 1.54) is 11.1 Å². The number of aromatic nitrogens is 1. The molecule has 0 saturated carbocycles. The first-order chi connectivity index (χ1) is 25.0. The van der Waals surface area contributed by atoms with Gasteiger partial charge in [0.05, 0.1) is 11.4 Å². The van der Waals surface area contributed by atoms with Gasteiger partial charge in [-0.25, -0.2) is 0 Å². The molecule has 2 amide bonds. The van der Waals surface area contributed by atoms with E-state index in [0.717, 1.165) is 100 Å². The average molecular weight is 691 g/mol. The van der Waals surface area contributed by atoms with Crippen LogP contribution >= 0.6 is 0 Å². The number of likely N-dealkylation sites (tertiary alicyclic amines) is 2. The number of fused-ring (bicyclic) bond motifs is 1. The van der Waals surface area contributed by atoms with Gasteiger partial charge in [-0.3, -0.25) is 14.6 Å². The molecule has 4 aromatic rings. The number of aliphatic hydroxyl groups excluding tert-OH is 1. The number of β-amino-alcohol motifs (C(OH)–C–C–N with tert-alkyl or cyclic N) is 1. The number of hydrogen-bond acceptors (Lipinski definition) is 6. The molecule has 2 saturated heterocycles. The first-order valence-electron chi connectivity index (χ1n) is 19.1. The zero-order valence-electron chi connectivity index (χ0n) is 29.9. The highest BCUT2D eigenvalue weighted by atomic mass is 16.5. The molecule has 2 N–H and O–H groups in total. The van der Waals surface area contributed by atoms with Gasteiger partial charge in [0.1, 0.15) is 18.5 Å². The summed E-state index contributed by atoms with van der Waals surface area (Å²) < 4.78 is 5.98. The Bertz CT molecular complexity index is 1610. The molecule has 8 heteroatoms. The number of piperidine rings is 2. The van der Waals surface area contributed by atoms with E-state index in [0.29, 0.717) is 13.1 Å².